The van der Waals surface area contributed by atoms with Crippen molar-refractivity contribution in [2.45, 2.75) is 52.4 Å². The van der Waals surface area contributed by atoms with Gasteiger partial charge in [0.1, 0.15) is 11.7 Å². The van der Waals surface area contributed by atoms with Crippen molar-refractivity contribution in [3.8, 4) is 0 Å². The number of rotatable bonds is 3. The van der Waals surface area contributed by atoms with Gasteiger partial charge in [0, 0.05) is 25.4 Å². The molecule has 5 nitrogen and oxygen atoms in total. The fourth-order valence-electron chi connectivity index (χ4n) is 4.22. The molecule has 6 heteroatoms. The van der Waals surface area contributed by atoms with Gasteiger partial charge in [-0.15, -0.1) is 0 Å². The summed E-state index contributed by atoms with van der Waals surface area (Å²) in [7, 11) is 0. The van der Waals surface area contributed by atoms with Crippen molar-refractivity contribution in [1.82, 2.24) is 4.90 Å². The van der Waals surface area contributed by atoms with Crippen LogP contribution in [0.2, 0.25) is 0 Å². The fourth-order valence-corrected chi connectivity index (χ4v) is 4.22. The Kier molecular flexibility index (Phi) is 5.38. The van der Waals surface area contributed by atoms with Crippen LogP contribution in [0.25, 0.3) is 0 Å². The first-order valence-corrected chi connectivity index (χ1v) is 10.2. The van der Waals surface area contributed by atoms with Gasteiger partial charge in [0.2, 0.25) is 5.91 Å². The van der Waals surface area contributed by atoms with Crippen molar-refractivity contribution >= 4 is 23.2 Å². The lowest BCUT2D eigenvalue weighted by Crippen LogP contribution is -2.32. The molecule has 3 heterocycles. The molecule has 1 amide bonds. The van der Waals surface area contributed by atoms with Crippen molar-refractivity contribution in [3.05, 3.63) is 34.8 Å². The Morgan fingerprint density at radius 1 is 1.11 bits per heavy atom. The Hall–Kier alpha value is -2.37. The molecule has 4 aliphatic rings. The highest BCUT2D eigenvalue weighted by Crippen LogP contribution is 2.31. The Morgan fingerprint density at radius 2 is 1.93 bits per heavy atom. The Labute approximate surface area is 165 Å². The highest BCUT2D eigenvalue weighted by atomic mass is 19.1. The van der Waals surface area contributed by atoms with E-state index in [1.54, 1.807) is 11.0 Å². The van der Waals surface area contributed by atoms with Gasteiger partial charge in [-0.05, 0) is 58.1 Å². The molecule has 0 saturated carbocycles. The summed E-state index contributed by atoms with van der Waals surface area (Å²) in [4.78, 5) is 28.5. The number of amidine groups is 1. The smallest absolute Gasteiger partial charge is 0.227 e. The number of nitrogens with zero attached hydrogens (tertiary/aromatic N) is 4. The summed E-state index contributed by atoms with van der Waals surface area (Å²) >= 11 is 0. The average molecular weight is 382 g/mol. The summed E-state index contributed by atoms with van der Waals surface area (Å²) in [6, 6.07) is 0. The van der Waals surface area contributed by atoms with E-state index in [1.165, 1.54) is 5.57 Å². The van der Waals surface area contributed by atoms with E-state index in [0.717, 1.165) is 55.1 Å². The van der Waals surface area contributed by atoms with Crippen LogP contribution in [0.15, 0.2) is 49.8 Å². The third-order valence-electron chi connectivity index (χ3n) is 5.86. The van der Waals surface area contributed by atoms with Gasteiger partial charge in [0.05, 0.1) is 23.7 Å². The van der Waals surface area contributed by atoms with Gasteiger partial charge < -0.3 is 4.90 Å². The Bertz CT molecular complexity index is 875. The van der Waals surface area contributed by atoms with Gasteiger partial charge in [0.25, 0.3) is 0 Å². The lowest BCUT2D eigenvalue weighted by Gasteiger charge is -2.26. The van der Waals surface area contributed by atoms with E-state index >= 15 is 0 Å². The van der Waals surface area contributed by atoms with Gasteiger partial charge in [-0.1, -0.05) is 11.1 Å². The molecule has 1 unspecified atom stereocenters. The van der Waals surface area contributed by atoms with Gasteiger partial charge in [-0.25, -0.2) is 9.38 Å². The number of dihydropyridines is 1. The van der Waals surface area contributed by atoms with E-state index in [9.17, 15) is 9.18 Å². The van der Waals surface area contributed by atoms with E-state index in [0.29, 0.717) is 31.6 Å². The summed E-state index contributed by atoms with van der Waals surface area (Å²) in [5, 5.41) is 0. The number of allylic oxidation sites excluding steroid dienone is 5. The number of likely N-dealkylation sites (tertiary alicyclic amines) is 1. The van der Waals surface area contributed by atoms with Crippen molar-refractivity contribution in [2.24, 2.45) is 20.9 Å². The van der Waals surface area contributed by atoms with Crippen molar-refractivity contribution in [2.75, 3.05) is 19.6 Å². The van der Waals surface area contributed by atoms with E-state index in [1.807, 2.05) is 6.92 Å². The number of hydrogen-bond acceptors (Lipinski definition) is 4. The molecule has 1 saturated heterocycles. The molecule has 1 atom stereocenters. The normalized spacial score (nSPS) is 26.4. The zero-order chi connectivity index (χ0) is 19.7. The predicted molar refractivity (Wildman–Crippen MR) is 111 cm³/mol. The molecule has 4 rings (SSSR count). The minimum Gasteiger partial charge on any atom is -0.313 e. The topological polar surface area (TPSA) is 57.4 Å². The predicted octanol–water partition coefficient (Wildman–Crippen LogP) is 4.18. The molecule has 1 aliphatic carbocycles. The molecule has 28 heavy (non-hydrogen) atoms. The number of carbonyl (C=O) groups excluding carboxylic acids is 1. The molecule has 0 N–H and O–H groups in total. The Balaban J connectivity index is 1.48. The van der Waals surface area contributed by atoms with Gasteiger partial charge >= 0.3 is 0 Å². The number of aliphatic imine (C=N–C) groups is 3. The molecule has 0 aromatic heterocycles. The maximum Gasteiger partial charge on any atom is 0.227 e. The third kappa shape index (κ3) is 3.91. The van der Waals surface area contributed by atoms with Crippen molar-refractivity contribution < 1.29 is 9.18 Å². The highest BCUT2D eigenvalue weighted by Gasteiger charge is 2.32. The Morgan fingerprint density at radius 3 is 2.71 bits per heavy atom. The second-order valence-corrected chi connectivity index (χ2v) is 8.11. The van der Waals surface area contributed by atoms with Crippen LogP contribution in [0.1, 0.15) is 52.4 Å². The summed E-state index contributed by atoms with van der Waals surface area (Å²) in [5.41, 5.74) is 4.72. The zero-order valence-corrected chi connectivity index (χ0v) is 16.7. The molecule has 148 valence electrons. The zero-order valence-electron chi connectivity index (χ0n) is 16.7. The van der Waals surface area contributed by atoms with Crippen LogP contribution in [0.5, 0.6) is 0 Å². The van der Waals surface area contributed by atoms with Crippen LogP contribution in [-0.2, 0) is 4.79 Å². The van der Waals surface area contributed by atoms with Crippen LogP contribution < -0.4 is 0 Å². The lowest BCUT2D eigenvalue weighted by atomic mass is 9.99. The second kappa shape index (κ2) is 7.94. The van der Waals surface area contributed by atoms with Crippen LogP contribution >= 0.6 is 0 Å². The summed E-state index contributed by atoms with van der Waals surface area (Å²) in [5.74, 6) is 0.497. The largest absolute Gasteiger partial charge is 0.313 e. The van der Waals surface area contributed by atoms with Crippen molar-refractivity contribution in [1.29, 1.82) is 0 Å². The molecular formula is C22H27FN4O. The SMILES string of the molecule is CC1=CC(C2=NC(C3CCCN(C4=C(F)C=C(C)CC4)C(=O)C3)=NC2)=NCC1. The monoisotopic (exact) mass is 382 g/mol. The van der Waals surface area contributed by atoms with Crippen LogP contribution in [0, 0.1) is 5.92 Å². The first-order valence-electron chi connectivity index (χ1n) is 10.2. The fraction of sp³-hybridized carbons (Fsp3) is 0.545. The van der Waals surface area contributed by atoms with Crippen LogP contribution in [-0.4, -0.2) is 47.7 Å². The maximum absolute atomic E-state index is 14.4. The van der Waals surface area contributed by atoms with Crippen molar-refractivity contribution in [3.63, 3.8) is 0 Å². The average Bonchev–Trinajstić information content (AvgIpc) is 3.07. The molecule has 1 fully saturated rings. The molecule has 0 aromatic rings. The molecule has 0 aromatic carbocycles. The lowest BCUT2D eigenvalue weighted by molar-refractivity contribution is -0.129. The maximum atomic E-state index is 14.4. The molecular weight excluding hydrogens is 355 g/mol. The minimum atomic E-state index is -0.258. The van der Waals surface area contributed by atoms with E-state index in [4.69, 9.17) is 4.99 Å². The number of carbonyl (C=O) groups is 1. The summed E-state index contributed by atoms with van der Waals surface area (Å²) in [6.07, 6.45) is 8.09. The molecule has 0 spiro atoms. The quantitative estimate of drug-likeness (QED) is 0.722. The van der Waals surface area contributed by atoms with E-state index < -0.39 is 0 Å². The number of amides is 1. The second-order valence-electron chi connectivity index (χ2n) is 8.11. The van der Waals surface area contributed by atoms with E-state index in [2.05, 4.69) is 23.0 Å². The summed E-state index contributed by atoms with van der Waals surface area (Å²) in [6.45, 7) is 5.95. The van der Waals surface area contributed by atoms with Crippen LogP contribution in [0.4, 0.5) is 4.39 Å². The van der Waals surface area contributed by atoms with E-state index in [-0.39, 0.29) is 17.7 Å². The summed E-state index contributed by atoms with van der Waals surface area (Å²) < 4.78 is 14.4. The standard InChI is InChI=1S/C22H27FN4O/c1-14-5-6-20(17(23)10-14)27-9-3-4-16(12-21(27)28)22-25-13-19(26-22)18-11-15(2)7-8-24-18/h10-11,16H,3-9,12-13H2,1-2H3. The molecule has 3 aliphatic heterocycles. The first-order chi connectivity index (χ1) is 13.5. The highest BCUT2D eigenvalue weighted by molar-refractivity contribution is 6.49. The van der Waals surface area contributed by atoms with Gasteiger partial charge in [-0.3, -0.25) is 14.8 Å². The number of hydrogen-bond donors (Lipinski definition) is 0. The minimum absolute atomic E-state index is 0.00815. The molecule has 0 bridgehead atoms. The molecule has 0 radical (unpaired) electrons. The number of halogens is 1. The van der Waals surface area contributed by atoms with Gasteiger partial charge in [0.15, 0.2) is 0 Å². The van der Waals surface area contributed by atoms with Gasteiger partial charge in [-0.2, -0.15) is 0 Å². The van der Waals surface area contributed by atoms with Crippen LogP contribution in [0.3, 0.4) is 0 Å². The first kappa shape index (κ1) is 19.0. The third-order valence-corrected chi connectivity index (χ3v) is 5.86.